The predicted molar refractivity (Wildman–Crippen MR) is 103 cm³/mol. The molecule has 0 aliphatic heterocycles. The molecule has 0 aliphatic rings. The van der Waals surface area contributed by atoms with E-state index in [4.69, 9.17) is 5.73 Å². The molecule has 0 saturated heterocycles. The van der Waals surface area contributed by atoms with Crippen molar-refractivity contribution in [1.82, 2.24) is 15.4 Å². The molecule has 0 spiro atoms. The van der Waals surface area contributed by atoms with Gasteiger partial charge in [-0.3, -0.25) is 15.6 Å². The average molecular weight is 348 g/mol. The molecular weight excluding hydrogens is 328 g/mol. The van der Waals surface area contributed by atoms with Crippen LogP contribution in [0.3, 0.4) is 0 Å². The van der Waals surface area contributed by atoms with Crippen LogP contribution in [0.2, 0.25) is 0 Å². The van der Waals surface area contributed by atoms with Crippen molar-refractivity contribution >= 4 is 28.9 Å². The van der Waals surface area contributed by atoms with Crippen molar-refractivity contribution in [2.24, 2.45) is 0 Å². The third kappa shape index (κ3) is 4.07. The summed E-state index contributed by atoms with van der Waals surface area (Å²) < 4.78 is 0. The highest BCUT2D eigenvalue weighted by Gasteiger charge is 2.14. The van der Waals surface area contributed by atoms with Crippen molar-refractivity contribution in [1.29, 1.82) is 0 Å². The molecule has 3 rings (SSSR count). The van der Waals surface area contributed by atoms with Gasteiger partial charge in [0.05, 0.1) is 6.42 Å². The molecule has 0 aliphatic carbocycles. The number of hydrazine groups is 1. The van der Waals surface area contributed by atoms with Crippen LogP contribution in [-0.4, -0.2) is 22.9 Å². The summed E-state index contributed by atoms with van der Waals surface area (Å²) in [6.07, 6.45) is 1.66. The fourth-order valence-electron chi connectivity index (χ4n) is 2.48. The van der Waals surface area contributed by atoms with Gasteiger partial charge in [0, 0.05) is 12.7 Å². The van der Waals surface area contributed by atoms with E-state index in [1.165, 1.54) is 6.33 Å². The molecule has 1 heterocycles. The molecule has 7 heteroatoms. The number of aromatic nitrogens is 2. The number of hydrogen-bond acceptors (Lipinski definition) is 6. The quantitative estimate of drug-likeness (QED) is 0.592. The SMILES string of the molecule is CN(c1ccccc1)c1ncnc(NNC(=O)Cc2ccccc2)c1N. The molecule has 0 saturated carbocycles. The smallest absolute Gasteiger partial charge is 0.242 e. The van der Waals surface area contributed by atoms with Crippen molar-refractivity contribution in [3.8, 4) is 0 Å². The van der Waals surface area contributed by atoms with Gasteiger partial charge in [-0.05, 0) is 17.7 Å². The van der Waals surface area contributed by atoms with Gasteiger partial charge in [0.2, 0.25) is 5.91 Å². The molecular formula is C19H20N6O. The lowest BCUT2D eigenvalue weighted by molar-refractivity contribution is -0.119. The highest BCUT2D eigenvalue weighted by Crippen LogP contribution is 2.29. The van der Waals surface area contributed by atoms with Gasteiger partial charge >= 0.3 is 0 Å². The Bertz CT molecular complexity index is 870. The zero-order chi connectivity index (χ0) is 18.4. The normalized spacial score (nSPS) is 10.2. The molecule has 1 amide bonds. The first-order valence-corrected chi connectivity index (χ1v) is 8.13. The number of carbonyl (C=O) groups is 1. The fourth-order valence-corrected chi connectivity index (χ4v) is 2.48. The fraction of sp³-hybridized carbons (Fsp3) is 0.105. The molecule has 26 heavy (non-hydrogen) atoms. The molecule has 3 aromatic rings. The van der Waals surface area contributed by atoms with Crippen molar-refractivity contribution in [2.45, 2.75) is 6.42 Å². The van der Waals surface area contributed by atoms with Gasteiger partial charge in [0.25, 0.3) is 0 Å². The number of carbonyl (C=O) groups excluding carboxylic acids is 1. The minimum atomic E-state index is -0.188. The van der Waals surface area contributed by atoms with Gasteiger partial charge < -0.3 is 10.6 Å². The minimum absolute atomic E-state index is 0.188. The molecule has 4 N–H and O–H groups in total. The van der Waals surface area contributed by atoms with Gasteiger partial charge in [0.1, 0.15) is 12.0 Å². The highest BCUT2D eigenvalue weighted by atomic mass is 16.2. The van der Waals surface area contributed by atoms with Crippen molar-refractivity contribution in [3.05, 3.63) is 72.6 Å². The lowest BCUT2D eigenvalue weighted by atomic mass is 10.1. The van der Waals surface area contributed by atoms with E-state index in [1.807, 2.05) is 72.6 Å². The third-order valence-corrected chi connectivity index (χ3v) is 3.85. The average Bonchev–Trinajstić information content (AvgIpc) is 2.68. The second-order valence-electron chi connectivity index (χ2n) is 5.69. The Morgan fingerprint density at radius 1 is 1.04 bits per heavy atom. The summed E-state index contributed by atoms with van der Waals surface area (Å²) in [6, 6.07) is 19.2. The van der Waals surface area contributed by atoms with Gasteiger partial charge in [-0.2, -0.15) is 0 Å². The number of nitrogens with two attached hydrogens (primary N) is 1. The number of nitrogen functional groups attached to an aromatic ring is 1. The lowest BCUT2D eigenvalue weighted by Crippen LogP contribution is -2.31. The van der Waals surface area contributed by atoms with E-state index in [0.29, 0.717) is 17.3 Å². The Kier molecular flexibility index (Phi) is 5.28. The number of benzene rings is 2. The van der Waals surface area contributed by atoms with Crippen LogP contribution in [0.15, 0.2) is 67.0 Å². The molecule has 0 bridgehead atoms. The molecule has 2 aromatic carbocycles. The number of para-hydroxylation sites is 1. The number of hydrogen-bond donors (Lipinski definition) is 3. The number of rotatable bonds is 6. The van der Waals surface area contributed by atoms with Crippen LogP contribution < -0.4 is 21.5 Å². The molecule has 1 aromatic heterocycles. The Hall–Kier alpha value is -3.61. The number of nitrogens with one attached hydrogen (secondary N) is 2. The van der Waals surface area contributed by atoms with Crippen LogP contribution in [-0.2, 0) is 11.2 Å². The number of nitrogens with zero attached hydrogens (tertiary/aromatic N) is 3. The van der Waals surface area contributed by atoms with E-state index in [1.54, 1.807) is 0 Å². The summed E-state index contributed by atoms with van der Waals surface area (Å²) in [5, 5.41) is 0. The van der Waals surface area contributed by atoms with Crippen LogP contribution >= 0.6 is 0 Å². The zero-order valence-corrected chi connectivity index (χ0v) is 14.4. The summed E-state index contributed by atoms with van der Waals surface area (Å²) in [4.78, 5) is 22.3. The highest BCUT2D eigenvalue weighted by molar-refractivity contribution is 5.83. The maximum atomic E-state index is 12.1. The molecule has 0 fully saturated rings. The molecule has 0 atom stereocenters. The zero-order valence-electron chi connectivity index (χ0n) is 14.4. The van der Waals surface area contributed by atoms with Crippen LogP contribution in [0.4, 0.5) is 23.0 Å². The first-order chi connectivity index (χ1) is 12.6. The van der Waals surface area contributed by atoms with E-state index in [2.05, 4.69) is 20.8 Å². The van der Waals surface area contributed by atoms with Gasteiger partial charge in [-0.25, -0.2) is 9.97 Å². The standard InChI is InChI=1S/C19H20N6O/c1-25(15-10-6-3-7-11-15)19-17(20)18(21-13-22-19)24-23-16(26)12-14-8-4-2-5-9-14/h2-11,13H,12,20H2,1H3,(H,23,26)(H,21,22,24). The molecule has 0 unspecified atom stereocenters. The number of amides is 1. The summed E-state index contributed by atoms with van der Waals surface area (Å²) in [5.74, 6) is 0.706. The molecule has 7 nitrogen and oxygen atoms in total. The van der Waals surface area contributed by atoms with E-state index < -0.39 is 0 Å². The molecule has 132 valence electrons. The Labute approximate surface area is 151 Å². The Morgan fingerprint density at radius 2 is 1.69 bits per heavy atom. The molecule has 0 radical (unpaired) electrons. The maximum Gasteiger partial charge on any atom is 0.242 e. The summed E-state index contributed by atoms with van der Waals surface area (Å²) in [5.41, 5.74) is 13.8. The maximum absolute atomic E-state index is 12.1. The largest absolute Gasteiger partial charge is 0.393 e. The second kappa shape index (κ2) is 7.98. The topological polar surface area (TPSA) is 96.2 Å². The minimum Gasteiger partial charge on any atom is -0.393 e. The van der Waals surface area contributed by atoms with Gasteiger partial charge in [0.15, 0.2) is 11.6 Å². The summed E-state index contributed by atoms with van der Waals surface area (Å²) >= 11 is 0. The first-order valence-electron chi connectivity index (χ1n) is 8.13. The van der Waals surface area contributed by atoms with Gasteiger partial charge in [-0.15, -0.1) is 0 Å². The van der Waals surface area contributed by atoms with E-state index in [9.17, 15) is 4.79 Å². The van der Waals surface area contributed by atoms with E-state index >= 15 is 0 Å². The number of anilines is 4. The van der Waals surface area contributed by atoms with Crippen molar-refractivity contribution in [3.63, 3.8) is 0 Å². The monoisotopic (exact) mass is 348 g/mol. The Balaban J connectivity index is 1.68. The third-order valence-electron chi connectivity index (χ3n) is 3.85. The van der Waals surface area contributed by atoms with Crippen LogP contribution in [0.1, 0.15) is 5.56 Å². The van der Waals surface area contributed by atoms with Crippen LogP contribution in [0.25, 0.3) is 0 Å². The van der Waals surface area contributed by atoms with Crippen molar-refractivity contribution in [2.75, 3.05) is 23.1 Å². The first kappa shape index (κ1) is 17.2. The summed E-state index contributed by atoms with van der Waals surface area (Å²) in [7, 11) is 1.87. The van der Waals surface area contributed by atoms with E-state index in [-0.39, 0.29) is 12.3 Å². The van der Waals surface area contributed by atoms with Crippen molar-refractivity contribution < 1.29 is 4.79 Å². The lowest BCUT2D eigenvalue weighted by Gasteiger charge is -2.21. The van der Waals surface area contributed by atoms with Gasteiger partial charge in [-0.1, -0.05) is 48.5 Å². The van der Waals surface area contributed by atoms with E-state index in [0.717, 1.165) is 11.3 Å². The van der Waals surface area contributed by atoms with Crippen LogP contribution in [0, 0.1) is 0 Å². The van der Waals surface area contributed by atoms with Crippen LogP contribution in [0.5, 0.6) is 0 Å². The second-order valence-corrected chi connectivity index (χ2v) is 5.69. The Morgan fingerprint density at radius 3 is 2.38 bits per heavy atom. The summed E-state index contributed by atoms with van der Waals surface area (Å²) in [6.45, 7) is 0. The predicted octanol–water partition coefficient (Wildman–Crippen LogP) is 2.51.